The largest absolute Gasteiger partial charge is 0.343 e. The molecule has 0 spiro atoms. The Morgan fingerprint density at radius 3 is 2.54 bits per heavy atom. The van der Waals surface area contributed by atoms with Crippen molar-refractivity contribution < 1.29 is 4.52 Å². The van der Waals surface area contributed by atoms with Gasteiger partial charge in [0.05, 0.1) is 5.31 Å². The summed E-state index contributed by atoms with van der Waals surface area (Å²) in [6.45, 7) is 6.35. The highest BCUT2D eigenvalue weighted by Gasteiger charge is 2.19. The van der Waals surface area contributed by atoms with Gasteiger partial charge in [0, 0.05) is 20.2 Å². The van der Waals surface area contributed by atoms with Gasteiger partial charge >= 0.3 is 0 Å². The summed E-state index contributed by atoms with van der Waals surface area (Å²) in [5, 5.41) is 1.18. The van der Waals surface area contributed by atoms with Crippen LogP contribution in [0, 0.1) is 0 Å². The molecule has 13 heavy (non-hydrogen) atoms. The molecule has 0 radical (unpaired) electrons. The predicted molar refractivity (Wildman–Crippen MR) is 57.6 cm³/mol. The third-order valence-electron chi connectivity index (χ3n) is 1.95. The molecule has 0 N–H and O–H groups in total. The molecule has 1 rings (SSSR count). The highest BCUT2D eigenvalue weighted by Crippen LogP contribution is 2.49. The summed E-state index contributed by atoms with van der Waals surface area (Å²) in [4.78, 5) is 0. The Labute approximate surface area is 81.5 Å². The molecule has 1 aliphatic carbocycles. The third kappa shape index (κ3) is 2.52. The SMILES string of the molecule is CCN(CC)P(OC)C1=C=CC=C1. The van der Waals surface area contributed by atoms with Gasteiger partial charge in [0.25, 0.3) is 0 Å². The molecule has 0 aromatic heterocycles. The minimum atomic E-state index is -0.602. The third-order valence-corrected chi connectivity index (χ3v) is 4.06. The molecule has 1 atom stereocenters. The van der Waals surface area contributed by atoms with Crippen LogP contribution in [0.15, 0.2) is 29.3 Å². The molecule has 0 aromatic rings. The van der Waals surface area contributed by atoms with E-state index < -0.39 is 8.30 Å². The van der Waals surface area contributed by atoms with E-state index in [-0.39, 0.29) is 0 Å². The summed E-state index contributed by atoms with van der Waals surface area (Å²) in [6.07, 6.45) is 6.02. The molecule has 3 heteroatoms. The van der Waals surface area contributed by atoms with Crippen molar-refractivity contribution in [2.24, 2.45) is 0 Å². The van der Waals surface area contributed by atoms with E-state index in [1.807, 2.05) is 12.2 Å². The summed E-state index contributed by atoms with van der Waals surface area (Å²) < 4.78 is 7.82. The molecule has 0 amide bonds. The Bertz CT molecular complexity index is 250. The molecule has 0 bridgehead atoms. The number of rotatable bonds is 5. The molecule has 0 aromatic carbocycles. The van der Waals surface area contributed by atoms with Crippen LogP contribution in [0.3, 0.4) is 0 Å². The Balaban J connectivity index is 2.71. The van der Waals surface area contributed by atoms with Crippen molar-refractivity contribution in [3.63, 3.8) is 0 Å². The van der Waals surface area contributed by atoms with Crippen molar-refractivity contribution in [3.8, 4) is 0 Å². The minimum absolute atomic E-state index is 0.602. The lowest BCUT2D eigenvalue weighted by atomic mass is 10.6. The lowest BCUT2D eigenvalue weighted by Gasteiger charge is -2.26. The Morgan fingerprint density at radius 2 is 2.15 bits per heavy atom. The van der Waals surface area contributed by atoms with Crippen molar-refractivity contribution >= 4 is 8.30 Å². The number of hydrogen-bond donors (Lipinski definition) is 0. The first-order valence-corrected chi connectivity index (χ1v) is 5.77. The maximum atomic E-state index is 5.50. The van der Waals surface area contributed by atoms with Gasteiger partial charge in [-0.2, -0.15) is 0 Å². The molecule has 0 saturated heterocycles. The van der Waals surface area contributed by atoms with E-state index in [1.165, 1.54) is 5.31 Å². The summed E-state index contributed by atoms with van der Waals surface area (Å²) in [7, 11) is 1.17. The highest BCUT2D eigenvalue weighted by molar-refractivity contribution is 7.55. The van der Waals surface area contributed by atoms with Crippen LogP contribution in [0.1, 0.15) is 13.8 Å². The van der Waals surface area contributed by atoms with E-state index in [1.54, 1.807) is 7.11 Å². The lowest BCUT2D eigenvalue weighted by molar-refractivity contribution is 0.387. The van der Waals surface area contributed by atoms with Crippen LogP contribution < -0.4 is 0 Å². The van der Waals surface area contributed by atoms with Crippen LogP contribution in [0.4, 0.5) is 0 Å². The monoisotopic (exact) mass is 197 g/mol. The van der Waals surface area contributed by atoms with Crippen molar-refractivity contribution in [2.75, 3.05) is 20.2 Å². The maximum Gasteiger partial charge on any atom is 0.145 e. The second-order valence-corrected chi connectivity index (χ2v) is 4.61. The molecule has 0 saturated carbocycles. The topological polar surface area (TPSA) is 12.5 Å². The van der Waals surface area contributed by atoms with Gasteiger partial charge in [-0.1, -0.05) is 19.9 Å². The van der Waals surface area contributed by atoms with Gasteiger partial charge in [0.2, 0.25) is 0 Å². The average Bonchev–Trinajstić information content (AvgIpc) is 2.66. The maximum absolute atomic E-state index is 5.50. The first-order valence-electron chi connectivity index (χ1n) is 4.56. The molecular weight excluding hydrogens is 181 g/mol. The number of hydrogen-bond acceptors (Lipinski definition) is 2. The zero-order valence-corrected chi connectivity index (χ0v) is 9.34. The van der Waals surface area contributed by atoms with Crippen LogP contribution in [-0.4, -0.2) is 24.9 Å². The van der Waals surface area contributed by atoms with Crippen LogP contribution in [0.5, 0.6) is 0 Å². The molecule has 0 heterocycles. The fourth-order valence-electron chi connectivity index (χ4n) is 1.29. The van der Waals surface area contributed by atoms with Crippen molar-refractivity contribution in [3.05, 3.63) is 29.3 Å². The molecule has 72 valence electrons. The second-order valence-electron chi connectivity index (χ2n) is 2.65. The molecular formula is C10H16NOP. The van der Waals surface area contributed by atoms with E-state index in [0.29, 0.717) is 0 Å². The normalized spacial score (nSPS) is 16.8. The average molecular weight is 197 g/mol. The van der Waals surface area contributed by atoms with Crippen molar-refractivity contribution in [1.82, 2.24) is 4.67 Å². The highest BCUT2D eigenvalue weighted by atomic mass is 31.2. The van der Waals surface area contributed by atoms with Crippen LogP contribution >= 0.6 is 8.30 Å². The first-order chi connectivity index (χ1) is 6.33. The Kier molecular flexibility index (Phi) is 4.41. The van der Waals surface area contributed by atoms with E-state index in [4.69, 9.17) is 4.52 Å². The molecule has 0 aliphatic heterocycles. The molecule has 2 nitrogen and oxygen atoms in total. The fourth-order valence-corrected chi connectivity index (χ4v) is 2.93. The van der Waals surface area contributed by atoms with Gasteiger partial charge in [-0.3, -0.25) is 4.67 Å². The molecule has 1 unspecified atom stereocenters. The lowest BCUT2D eigenvalue weighted by Crippen LogP contribution is -2.17. The van der Waals surface area contributed by atoms with Crippen LogP contribution in [-0.2, 0) is 4.52 Å². The Hall–Kier alpha value is -0.390. The minimum Gasteiger partial charge on any atom is -0.343 e. The Morgan fingerprint density at radius 1 is 1.46 bits per heavy atom. The van der Waals surface area contributed by atoms with E-state index in [2.05, 4.69) is 30.3 Å². The van der Waals surface area contributed by atoms with Crippen molar-refractivity contribution in [2.45, 2.75) is 13.8 Å². The van der Waals surface area contributed by atoms with Gasteiger partial charge in [0.1, 0.15) is 8.30 Å². The smallest absolute Gasteiger partial charge is 0.145 e. The fraction of sp³-hybridized carbons (Fsp3) is 0.500. The number of allylic oxidation sites excluding steroid dienone is 3. The predicted octanol–water partition coefficient (Wildman–Crippen LogP) is 2.90. The van der Waals surface area contributed by atoms with Gasteiger partial charge in [0.15, 0.2) is 0 Å². The summed E-state index contributed by atoms with van der Waals surface area (Å²) >= 11 is 0. The van der Waals surface area contributed by atoms with Crippen LogP contribution in [0.25, 0.3) is 0 Å². The zero-order chi connectivity index (χ0) is 9.68. The van der Waals surface area contributed by atoms with E-state index >= 15 is 0 Å². The number of nitrogens with zero attached hydrogens (tertiary/aromatic N) is 1. The van der Waals surface area contributed by atoms with Gasteiger partial charge in [-0.05, 0) is 12.2 Å². The molecule has 0 fully saturated rings. The standard InChI is InChI=1S/C10H16NOP/c1-4-11(5-2)13(12-3)10-8-6-7-9-10/h6-8H,4-5H2,1-3H3. The second kappa shape index (κ2) is 5.36. The first kappa shape index (κ1) is 10.7. The van der Waals surface area contributed by atoms with Gasteiger partial charge < -0.3 is 4.52 Å². The van der Waals surface area contributed by atoms with Crippen LogP contribution in [0.2, 0.25) is 0 Å². The van der Waals surface area contributed by atoms with Crippen molar-refractivity contribution in [1.29, 1.82) is 0 Å². The summed E-state index contributed by atoms with van der Waals surface area (Å²) in [6, 6.07) is 0. The van der Waals surface area contributed by atoms with Gasteiger partial charge in [-0.25, -0.2) is 0 Å². The van der Waals surface area contributed by atoms with E-state index in [0.717, 1.165) is 13.1 Å². The van der Waals surface area contributed by atoms with E-state index in [9.17, 15) is 0 Å². The summed E-state index contributed by atoms with van der Waals surface area (Å²) in [5.74, 6) is 0. The quantitative estimate of drug-likeness (QED) is 0.496. The summed E-state index contributed by atoms with van der Waals surface area (Å²) in [5.41, 5.74) is 3.20. The van der Waals surface area contributed by atoms with Gasteiger partial charge in [-0.15, -0.1) is 5.73 Å². The zero-order valence-electron chi connectivity index (χ0n) is 8.45. The molecule has 1 aliphatic rings.